The fraction of sp³-hybridized carbons (Fsp3) is 0.375. The van der Waals surface area contributed by atoms with Gasteiger partial charge >= 0.3 is 0 Å². The van der Waals surface area contributed by atoms with Crippen LogP contribution in [0.3, 0.4) is 0 Å². The Hall–Kier alpha value is -1.71. The molecule has 0 saturated carbocycles. The molecule has 1 aliphatic rings. The minimum Gasteiger partial charge on any atom is -0.374 e. The van der Waals surface area contributed by atoms with E-state index in [-0.39, 0.29) is 5.91 Å². The Morgan fingerprint density at radius 1 is 1.32 bits per heavy atom. The van der Waals surface area contributed by atoms with Crippen molar-refractivity contribution in [2.24, 2.45) is 0 Å². The lowest BCUT2D eigenvalue weighted by atomic mass is 9.99. The van der Waals surface area contributed by atoms with Crippen LogP contribution in [0.5, 0.6) is 0 Å². The van der Waals surface area contributed by atoms with Crippen LogP contribution in [0.15, 0.2) is 28.6 Å². The van der Waals surface area contributed by atoms with Gasteiger partial charge in [0.05, 0.1) is 21.0 Å². The molecule has 2 aromatic heterocycles. The first kappa shape index (κ1) is 16.7. The number of nitrogens with zero attached hydrogens (tertiary/aromatic N) is 4. The van der Waals surface area contributed by atoms with Gasteiger partial charge in [-0.1, -0.05) is 35.2 Å². The number of anilines is 1. The number of fused-ring (bicyclic) bond motifs is 1. The summed E-state index contributed by atoms with van der Waals surface area (Å²) < 4.78 is 1.95. The number of likely N-dealkylation sites (tertiary alicyclic amines) is 1. The first-order valence-corrected chi connectivity index (χ1v) is 10.7. The number of hydrogen-bond donors (Lipinski definition) is 1. The van der Waals surface area contributed by atoms with Crippen molar-refractivity contribution in [3.63, 3.8) is 0 Å². The number of rotatable bonds is 4. The second-order valence-corrected chi connectivity index (χ2v) is 9.19. The van der Waals surface area contributed by atoms with E-state index in [0.717, 1.165) is 40.8 Å². The van der Waals surface area contributed by atoms with Crippen LogP contribution >= 0.6 is 34.4 Å². The topological polar surface area (TPSA) is 85.0 Å². The van der Waals surface area contributed by atoms with Crippen molar-refractivity contribution in [2.75, 3.05) is 24.6 Å². The molecule has 1 aromatic carbocycles. The zero-order valence-corrected chi connectivity index (χ0v) is 15.9. The smallest absolute Gasteiger partial charge is 0.233 e. The van der Waals surface area contributed by atoms with Crippen LogP contribution in [0.2, 0.25) is 0 Å². The molecule has 0 unspecified atom stereocenters. The van der Waals surface area contributed by atoms with E-state index in [2.05, 4.69) is 16.3 Å². The number of carbonyl (C=O) groups is 1. The predicted octanol–water partition coefficient (Wildman–Crippen LogP) is 3.23. The summed E-state index contributed by atoms with van der Waals surface area (Å²) in [6.07, 6.45) is 2.10. The number of amides is 1. The van der Waals surface area contributed by atoms with E-state index in [0.29, 0.717) is 16.8 Å². The second-order valence-electron chi connectivity index (χ2n) is 5.89. The average Bonchev–Trinajstić information content (AvgIpc) is 3.25. The van der Waals surface area contributed by atoms with E-state index in [1.165, 1.54) is 27.8 Å². The number of carbonyl (C=O) groups excluding carboxylic acids is 1. The number of thioether (sulfide) groups is 1. The number of nitrogen functional groups attached to an aromatic ring is 1. The summed E-state index contributed by atoms with van der Waals surface area (Å²) in [5.41, 5.74) is 6.62. The van der Waals surface area contributed by atoms with E-state index < -0.39 is 0 Å². The molecule has 1 fully saturated rings. The molecule has 9 heteroatoms. The van der Waals surface area contributed by atoms with Crippen molar-refractivity contribution in [1.82, 2.24) is 20.1 Å². The molecule has 0 spiro atoms. The first-order chi connectivity index (χ1) is 12.2. The number of thiazole rings is 1. The van der Waals surface area contributed by atoms with Crippen LogP contribution in [-0.4, -0.2) is 44.8 Å². The molecule has 0 aliphatic carbocycles. The lowest BCUT2D eigenvalue weighted by Gasteiger charge is -2.31. The second kappa shape index (κ2) is 7.27. The molecule has 1 atom stereocenters. The summed E-state index contributed by atoms with van der Waals surface area (Å²) in [7, 11) is 0. The molecule has 1 saturated heterocycles. The molecule has 25 heavy (non-hydrogen) atoms. The first-order valence-electron chi connectivity index (χ1n) is 8.04. The molecule has 2 N–H and O–H groups in total. The highest BCUT2D eigenvalue weighted by molar-refractivity contribution is 8.01. The third-order valence-corrected chi connectivity index (χ3v) is 7.24. The van der Waals surface area contributed by atoms with Gasteiger partial charge in [-0.3, -0.25) is 4.79 Å². The van der Waals surface area contributed by atoms with Crippen molar-refractivity contribution in [2.45, 2.75) is 23.1 Å². The summed E-state index contributed by atoms with van der Waals surface area (Å²) in [6, 6.07) is 8.20. The van der Waals surface area contributed by atoms with E-state index in [4.69, 9.17) is 10.7 Å². The number of benzene rings is 1. The number of piperidine rings is 1. The molecule has 0 bridgehead atoms. The van der Waals surface area contributed by atoms with Gasteiger partial charge < -0.3 is 10.6 Å². The van der Waals surface area contributed by atoms with Gasteiger partial charge in [-0.25, -0.2) is 4.98 Å². The fourth-order valence-corrected chi connectivity index (χ4v) is 5.60. The molecule has 4 rings (SSSR count). The number of aromatic nitrogens is 3. The highest BCUT2D eigenvalue weighted by Gasteiger charge is 2.27. The van der Waals surface area contributed by atoms with Crippen molar-refractivity contribution >= 4 is 55.7 Å². The molecular weight excluding hydrogens is 374 g/mol. The fourth-order valence-electron chi connectivity index (χ4n) is 2.96. The number of hydrogen-bond acceptors (Lipinski definition) is 8. The largest absolute Gasteiger partial charge is 0.374 e. The Labute approximate surface area is 157 Å². The molecule has 1 aliphatic heterocycles. The standard InChI is InChI=1S/C16H17N5OS3/c17-15-19-20-16(25-15)23-9-13(22)21-7-3-4-10(8-21)14-18-11-5-1-2-6-12(11)24-14/h1-2,5-6,10H,3-4,7-9H2,(H2,17,19)/t10-/m1/s1. The van der Waals surface area contributed by atoms with E-state index in [9.17, 15) is 4.79 Å². The molecule has 6 nitrogen and oxygen atoms in total. The van der Waals surface area contributed by atoms with Crippen molar-refractivity contribution in [3.05, 3.63) is 29.3 Å². The number of para-hydroxylation sites is 1. The van der Waals surface area contributed by atoms with E-state index >= 15 is 0 Å². The van der Waals surface area contributed by atoms with Gasteiger partial charge in [-0.2, -0.15) is 0 Å². The van der Waals surface area contributed by atoms with Crippen LogP contribution in [0.25, 0.3) is 10.2 Å². The molecule has 3 aromatic rings. The van der Waals surface area contributed by atoms with Gasteiger partial charge in [0.1, 0.15) is 0 Å². The van der Waals surface area contributed by atoms with Crippen LogP contribution < -0.4 is 5.73 Å². The molecule has 130 valence electrons. The minimum absolute atomic E-state index is 0.143. The predicted molar refractivity (Wildman–Crippen MR) is 103 cm³/mol. The number of nitrogens with two attached hydrogens (primary N) is 1. The van der Waals surface area contributed by atoms with Gasteiger partial charge in [-0.05, 0) is 25.0 Å². The SMILES string of the molecule is Nc1nnc(SCC(=O)N2CCC[C@@H](c3nc4ccccc4s3)C2)s1. The van der Waals surface area contributed by atoms with E-state index in [1.807, 2.05) is 23.1 Å². The maximum absolute atomic E-state index is 12.5. The van der Waals surface area contributed by atoms with Gasteiger partial charge in [0, 0.05) is 19.0 Å². The summed E-state index contributed by atoms with van der Waals surface area (Å²) in [5, 5.41) is 9.30. The van der Waals surface area contributed by atoms with Crippen molar-refractivity contribution in [3.8, 4) is 0 Å². The Kier molecular flexibility index (Phi) is 4.87. The molecule has 0 radical (unpaired) electrons. The third kappa shape index (κ3) is 3.78. The summed E-state index contributed by atoms with van der Waals surface area (Å²) in [4.78, 5) is 19.3. The van der Waals surface area contributed by atoms with E-state index in [1.54, 1.807) is 11.3 Å². The Morgan fingerprint density at radius 3 is 3.00 bits per heavy atom. The highest BCUT2D eigenvalue weighted by Crippen LogP contribution is 2.33. The molecule has 1 amide bonds. The maximum Gasteiger partial charge on any atom is 0.233 e. The zero-order chi connectivity index (χ0) is 17.2. The average molecular weight is 392 g/mol. The molecule has 3 heterocycles. The van der Waals surface area contributed by atoms with Crippen molar-refractivity contribution < 1.29 is 4.79 Å². The van der Waals surface area contributed by atoms with Gasteiger partial charge in [0.25, 0.3) is 0 Å². The van der Waals surface area contributed by atoms with Gasteiger partial charge in [0.15, 0.2) is 4.34 Å². The Balaban J connectivity index is 1.40. The van der Waals surface area contributed by atoms with Crippen LogP contribution in [0.4, 0.5) is 5.13 Å². The summed E-state index contributed by atoms with van der Waals surface area (Å²) in [6.45, 7) is 1.57. The maximum atomic E-state index is 12.5. The minimum atomic E-state index is 0.143. The van der Waals surface area contributed by atoms with Gasteiger partial charge in [-0.15, -0.1) is 21.5 Å². The van der Waals surface area contributed by atoms with Crippen LogP contribution in [0, 0.1) is 0 Å². The normalized spacial score (nSPS) is 17.9. The lowest BCUT2D eigenvalue weighted by molar-refractivity contribution is -0.129. The summed E-state index contributed by atoms with van der Waals surface area (Å²) in [5.74, 6) is 0.850. The summed E-state index contributed by atoms with van der Waals surface area (Å²) >= 11 is 4.47. The highest BCUT2D eigenvalue weighted by atomic mass is 32.2. The van der Waals surface area contributed by atoms with Crippen molar-refractivity contribution in [1.29, 1.82) is 0 Å². The van der Waals surface area contributed by atoms with Crippen LogP contribution in [0.1, 0.15) is 23.8 Å². The Bertz CT molecular complexity index is 860. The zero-order valence-electron chi connectivity index (χ0n) is 13.4. The lowest BCUT2D eigenvalue weighted by Crippen LogP contribution is -2.40. The van der Waals surface area contributed by atoms with Crippen LogP contribution in [-0.2, 0) is 4.79 Å². The third-order valence-electron chi connectivity index (χ3n) is 4.17. The van der Waals surface area contributed by atoms with Gasteiger partial charge in [0.2, 0.25) is 11.0 Å². The monoisotopic (exact) mass is 391 g/mol. The Morgan fingerprint density at radius 2 is 2.20 bits per heavy atom. The molecular formula is C16H17N5OS3. The quantitative estimate of drug-likeness (QED) is 0.687.